The molecule has 0 saturated carbocycles. The van der Waals surface area contributed by atoms with Gasteiger partial charge in [-0.3, -0.25) is 9.52 Å². The lowest BCUT2D eigenvalue weighted by Gasteiger charge is -2.15. The van der Waals surface area contributed by atoms with Gasteiger partial charge in [-0.2, -0.15) is 13.2 Å². The molecule has 1 aromatic rings. The van der Waals surface area contributed by atoms with Crippen LogP contribution in [0.5, 0.6) is 0 Å². The molecule has 35 heavy (non-hydrogen) atoms. The standard InChI is InChI=1S/C26H43F3N2O3S/c1-3-4-5-6-7-8-9-10-11-12-13-14-15-16-17-18-25(32)30-22-19-20-24(31-35(2,33)34)23(21-22)26(27,28)29/h19-21,31H,3-18H2,1-2H3,(H,30,32). The average molecular weight is 521 g/mol. The average Bonchev–Trinajstić information content (AvgIpc) is 2.75. The molecular weight excluding hydrogens is 477 g/mol. The maximum absolute atomic E-state index is 13.3. The maximum atomic E-state index is 13.3. The van der Waals surface area contributed by atoms with Crippen LogP contribution in [0.3, 0.4) is 0 Å². The van der Waals surface area contributed by atoms with Gasteiger partial charge < -0.3 is 5.32 Å². The lowest BCUT2D eigenvalue weighted by atomic mass is 10.0. The first-order valence-corrected chi connectivity index (χ1v) is 14.9. The van der Waals surface area contributed by atoms with E-state index in [1.165, 1.54) is 76.7 Å². The molecular formula is C26H43F3N2O3S. The largest absolute Gasteiger partial charge is 0.418 e. The molecule has 1 rings (SSSR count). The summed E-state index contributed by atoms with van der Waals surface area (Å²) in [6.45, 7) is 2.24. The van der Waals surface area contributed by atoms with Crippen molar-refractivity contribution in [2.24, 2.45) is 0 Å². The number of unbranched alkanes of at least 4 members (excludes halogenated alkanes) is 14. The number of anilines is 2. The molecule has 0 radical (unpaired) electrons. The van der Waals surface area contributed by atoms with Gasteiger partial charge in [0.1, 0.15) is 0 Å². The molecule has 9 heteroatoms. The van der Waals surface area contributed by atoms with Gasteiger partial charge >= 0.3 is 6.18 Å². The summed E-state index contributed by atoms with van der Waals surface area (Å²) in [6.07, 6.45) is 14.5. The van der Waals surface area contributed by atoms with Crippen molar-refractivity contribution in [2.75, 3.05) is 16.3 Å². The van der Waals surface area contributed by atoms with E-state index in [0.29, 0.717) is 6.42 Å². The van der Waals surface area contributed by atoms with Crippen molar-refractivity contribution in [3.63, 3.8) is 0 Å². The van der Waals surface area contributed by atoms with E-state index in [9.17, 15) is 26.4 Å². The molecule has 0 aliphatic heterocycles. The zero-order valence-corrected chi connectivity index (χ0v) is 22.1. The normalized spacial score (nSPS) is 12.0. The van der Waals surface area contributed by atoms with E-state index >= 15 is 0 Å². The van der Waals surface area contributed by atoms with Crippen LogP contribution >= 0.6 is 0 Å². The first-order valence-electron chi connectivity index (χ1n) is 13.0. The molecule has 5 nitrogen and oxygen atoms in total. The number of alkyl halides is 3. The summed E-state index contributed by atoms with van der Waals surface area (Å²) in [5, 5.41) is 2.48. The van der Waals surface area contributed by atoms with Gasteiger partial charge in [-0.05, 0) is 24.6 Å². The highest BCUT2D eigenvalue weighted by atomic mass is 32.2. The van der Waals surface area contributed by atoms with Gasteiger partial charge in [-0.25, -0.2) is 8.42 Å². The van der Waals surface area contributed by atoms with Crippen molar-refractivity contribution in [3.05, 3.63) is 23.8 Å². The molecule has 1 amide bonds. The Morgan fingerprint density at radius 2 is 1.26 bits per heavy atom. The molecule has 202 valence electrons. The van der Waals surface area contributed by atoms with Crippen LogP contribution in [0.15, 0.2) is 18.2 Å². The Hall–Kier alpha value is -1.77. The van der Waals surface area contributed by atoms with Crippen LogP contribution in [0.4, 0.5) is 24.5 Å². The van der Waals surface area contributed by atoms with Crippen LogP contribution in [0.25, 0.3) is 0 Å². The summed E-state index contributed by atoms with van der Waals surface area (Å²) in [6, 6.07) is 3.01. The molecule has 0 aliphatic carbocycles. The van der Waals surface area contributed by atoms with Crippen LogP contribution in [0.2, 0.25) is 0 Å². The van der Waals surface area contributed by atoms with Crippen molar-refractivity contribution in [1.29, 1.82) is 0 Å². The minimum absolute atomic E-state index is 0.0117. The Morgan fingerprint density at radius 1 is 0.800 bits per heavy atom. The van der Waals surface area contributed by atoms with E-state index in [2.05, 4.69) is 12.2 Å². The predicted octanol–water partition coefficient (Wildman–Crippen LogP) is 8.28. The second kappa shape index (κ2) is 16.8. The molecule has 0 atom stereocenters. The number of sulfonamides is 1. The van der Waals surface area contributed by atoms with Gasteiger partial charge in [0, 0.05) is 12.1 Å². The third-order valence-electron chi connectivity index (χ3n) is 5.91. The highest BCUT2D eigenvalue weighted by Gasteiger charge is 2.34. The summed E-state index contributed by atoms with van der Waals surface area (Å²) in [4.78, 5) is 12.1. The molecule has 0 aromatic heterocycles. The van der Waals surface area contributed by atoms with E-state index < -0.39 is 27.5 Å². The van der Waals surface area contributed by atoms with Gasteiger partial charge in [-0.1, -0.05) is 96.8 Å². The van der Waals surface area contributed by atoms with E-state index in [4.69, 9.17) is 0 Å². The summed E-state index contributed by atoms with van der Waals surface area (Å²) in [7, 11) is -3.87. The quantitative estimate of drug-likeness (QED) is 0.180. The summed E-state index contributed by atoms with van der Waals surface area (Å²) in [5.74, 6) is -0.350. The number of carbonyl (C=O) groups is 1. The Balaban J connectivity index is 2.19. The zero-order valence-electron chi connectivity index (χ0n) is 21.3. The fraction of sp³-hybridized carbons (Fsp3) is 0.731. The smallest absolute Gasteiger partial charge is 0.326 e. The van der Waals surface area contributed by atoms with Crippen molar-refractivity contribution >= 4 is 27.3 Å². The number of benzene rings is 1. The zero-order chi connectivity index (χ0) is 26.2. The predicted molar refractivity (Wildman–Crippen MR) is 138 cm³/mol. The second-order valence-electron chi connectivity index (χ2n) is 9.38. The highest BCUT2D eigenvalue weighted by molar-refractivity contribution is 7.92. The van der Waals surface area contributed by atoms with Crippen LogP contribution in [0.1, 0.15) is 115 Å². The molecule has 0 bridgehead atoms. The van der Waals surface area contributed by atoms with Gasteiger partial charge in [0.05, 0.1) is 17.5 Å². The number of hydrogen-bond donors (Lipinski definition) is 2. The topological polar surface area (TPSA) is 75.3 Å². The van der Waals surface area contributed by atoms with Crippen LogP contribution in [-0.4, -0.2) is 20.6 Å². The second-order valence-corrected chi connectivity index (χ2v) is 11.1. The summed E-state index contributed by atoms with van der Waals surface area (Å²) in [5.41, 5.74) is -1.73. The molecule has 0 spiro atoms. The first kappa shape index (κ1) is 31.3. The number of amides is 1. The SMILES string of the molecule is CCCCCCCCCCCCCCCCCC(=O)Nc1ccc(NS(C)(=O)=O)c(C(F)(F)F)c1. The highest BCUT2D eigenvalue weighted by Crippen LogP contribution is 2.37. The van der Waals surface area contributed by atoms with Crippen molar-refractivity contribution < 1.29 is 26.4 Å². The van der Waals surface area contributed by atoms with Crippen molar-refractivity contribution in [3.8, 4) is 0 Å². The lowest BCUT2D eigenvalue weighted by molar-refractivity contribution is -0.136. The van der Waals surface area contributed by atoms with E-state index in [0.717, 1.165) is 37.7 Å². The maximum Gasteiger partial charge on any atom is 0.418 e. The van der Waals surface area contributed by atoms with Gasteiger partial charge in [0.2, 0.25) is 15.9 Å². The monoisotopic (exact) mass is 520 g/mol. The number of hydrogen-bond acceptors (Lipinski definition) is 3. The first-order chi connectivity index (χ1) is 16.5. The molecule has 0 heterocycles. The van der Waals surface area contributed by atoms with Crippen molar-refractivity contribution in [1.82, 2.24) is 0 Å². The Morgan fingerprint density at radius 3 is 1.69 bits per heavy atom. The molecule has 0 saturated heterocycles. The van der Waals surface area contributed by atoms with Gasteiger partial charge in [-0.15, -0.1) is 0 Å². The Labute approximate surface area is 209 Å². The van der Waals surface area contributed by atoms with Crippen molar-refractivity contribution in [2.45, 2.75) is 116 Å². The third kappa shape index (κ3) is 15.8. The third-order valence-corrected chi connectivity index (χ3v) is 6.50. The van der Waals surface area contributed by atoms with Gasteiger partial charge in [0.15, 0.2) is 0 Å². The van der Waals surface area contributed by atoms with E-state index in [1.807, 2.05) is 4.72 Å². The number of halogens is 3. The summed E-state index contributed by atoms with van der Waals surface area (Å²) >= 11 is 0. The molecule has 0 unspecified atom stereocenters. The molecule has 1 aromatic carbocycles. The number of nitrogens with one attached hydrogen (secondary N) is 2. The Bertz CT molecular complexity index is 843. The van der Waals surface area contributed by atoms with E-state index in [-0.39, 0.29) is 18.0 Å². The number of carbonyl (C=O) groups excluding carboxylic acids is 1. The van der Waals surface area contributed by atoms with Crippen LogP contribution in [0, 0.1) is 0 Å². The lowest BCUT2D eigenvalue weighted by Crippen LogP contribution is -2.17. The fourth-order valence-electron chi connectivity index (χ4n) is 4.03. The molecule has 2 N–H and O–H groups in total. The Kier molecular flexibility index (Phi) is 15.0. The van der Waals surface area contributed by atoms with Crippen LogP contribution < -0.4 is 10.0 Å². The van der Waals surface area contributed by atoms with Gasteiger partial charge in [0.25, 0.3) is 0 Å². The summed E-state index contributed by atoms with van der Waals surface area (Å²) < 4.78 is 64.4. The minimum Gasteiger partial charge on any atom is -0.326 e. The molecule has 0 aliphatic rings. The minimum atomic E-state index is -4.76. The molecule has 0 fully saturated rings. The van der Waals surface area contributed by atoms with E-state index in [1.54, 1.807) is 0 Å². The van der Waals surface area contributed by atoms with Crippen LogP contribution in [-0.2, 0) is 21.0 Å². The number of rotatable bonds is 19. The fourth-order valence-corrected chi connectivity index (χ4v) is 4.60.